The molecule has 7 rings (SSSR count). The number of carbonyl (C=O) groups is 2. The summed E-state index contributed by atoms with van der Waals surface area (Å²) in [6.45, 7) is 16.1. The lowest BCUT2D eigenvalue weighted by molar-refractivity contribution is -0.114. The second-order valence-electron chi connectivity index (χ2n) is 17.4. The number of rotatable bonds is 7. The Morgan fingerprint density at radius 3 is 2.14 bits per heavy atom. The van der Waals surface area contributed by atoms with Crippen molar-refractivity contribution in [2.24, 2.45) is 33.7 Å². The van der Waals surface area contributed by atoms with Gasteiger partial charge in [0.25, 0.3) is 11.7 Å². The van der Waals surface area contributed by atoms with E-state index in [4.69, 9.17) is 28.3 Å². The van der Waals surface area contributed by atoms with E-state index in [0.717, 1.165) is 0 Å². The van der Waals surface area contributed by atoms with Crippen molar-refractivity contribution in [2.45, 2.75) is 111 Å². The molecule has 1 fully saturated rings. The molecule has 346 valence electrons. The smallest absolute Gasteiger partial charge is 0.344 e. The number of phenols is 2. The van der Waals surface area contributed by atoms with Crippen LogP contribution in [0.15, 0.2) is 46.1 Å². The molecular weight excluding hydrogens is 835 g/mol. The average molecular weight is 899 g/mol. The second-order valence-corrected chi connectivity index (χ2v) is 19.4. The molecule has 18 heteroatoms. The summed E-state index contributed by atoms with van der Waals surface area (Å²) in [6.07, 6.45) is 4.37. The number of aromatic hydroxyl groups is 2. The van der Waals surface area contributed by atoms with Crippen molar-refractivity contribution in [2.75, 3.05) is 45.0 Å². The summed E-state index contributed by atoms with van der Waals surface area (Å²) < 4.78 is 42.5. The highest BCUT2D eigenvalue weighted by atomic mass is 31.2. The molecular formula is C45H63N4O13P. The zero-order valence-electron chi connectivity index (χ0n) is 37.7. The number of likely N-dealkylation sites (tertiary alicyclic amines) is 1. The molecule has 5 aliphatic rings. The molecule has 0 saturated carbocycles. The number of ether oxygens (including phenoxy) is 3. The standard InChI is InChI=1S/C45H63N4O13P/c1-11-60-63(57,61-12-2)22-49-19-17-45(18-20-49)47-33-30-31-39(53)28(8)41-32(30)42(55)44(9,62-41)59-21-16-29(58-10)25(5)37(51)27(7)38(52)26(6)36(50)23(3)14-13-15-24(4)43(56)46-35(40(31)54)34(33)48-45/h13-16,21,23,25-27,29,36-38,47,50-54H,11-12,17-20,22H2,1-10H3/t23-,25+,26+,27-,29-,36-,37+,38+,44-/m0/s1. The number of hydrogen-bond acceptors (Lipinski definition) is 16. The van der Waals surface area contributed by atoms with E-state index in [2.05, 4.69) is 10.3 Å². The van der Waals surface area contributed by atoms with Crippen LogP contribution in [-0.2, 0) is 27.9 Å². The monoisotopic (exact) mass is 898 g/mol. The first-order chi connectivity index (χ1) is 29.7. The maximum absolute atomic E-state index is 14.7. The van der Waals surface area contributed by atoms with Crippen molar-refractivity contribution in [1.82, 2.24) is 4.90 Å². The zero-order chi connectivity index (χ0) is 46.3. The fourth-order valence-corrected chi connectivity index (χ4v) is 10.8. The van der Waals surface area contributed by atoms with E-state index in [1.54, 1.807) is 60.6 Å². The number of aliphatic hydroxyl groups is 3. The van der Waals surface area contributed by atoms with Crippen LogP contribution in [0.3, 0.4) is 0 Å². The van der Waals surface area contributed by atoms with E-state index in [1.807, 2.05) is 4.90 Å². The number of hydrogen-bond donors (Lipinski definition) is 6. The number of benzene rings is 2. The van der Waals surface area contributed by atoms with Gasteiger partial charge in [-0.1, -0.05) is 45.9 Å². The summed E-state index contributed by atoms with van der Waals surface area (Å²) in [6, 6.07) is 0. The number of piperidine rings is 1. The topological polar surface area (TPSA) is 238 Å². The Labute approximate surface area is 367 Å². The van der Waals surface area contributed by atoms with Gasteiger partial charge in [-0.25, -0.2) is 4.99 Å². The Kier molecular flexibility index (Phi) is 14.3. The van der Waals surface area contributed by atoms with Crippen molar-refractivity contribution in [3.63, 3.8) is 0 Å². The normalized spacial score (nSPS) is 30.5. The van der Waals surface area contributed by atoms with Gasteiger partial charge in [0.1, 0.15) is 34.2 Å². The number of ketones is 1. The van der Waals surface area contributed by atoms with Crippen LogP contribution in [-0.4, -0.2) is 118 Å². The number of anilines is 1. The van der Waals surface area contributed by atoms with Crippen LogP contribution >= 0.6 is 7.60 Å². The third-order valence-corrected chi connectivity index (χ3v) is 15.1. The molecule has 1 saturated heterocycles. The quantitative estimate of drug-likeness (QED) is 0.163. The maximum Gasteiger partial charge on any atom is 0.344 e. The lowest BCUT2D eigenvalue weighted by Crippen LogP contribution is -2.47. The van der Waals surface area contributed by atoms with Gasteiger partial charge in [-0.2, -0.15) is 0 Å². The fraction of sp³-hybridized carbons (Fsp3) is 0.600. The minimum absolute atomic E-state index is 0.00294. The molecule has 2 aromatic carbocycles. The van der Waals surface area contributed by atoms with Gasteiger partial charge < -0.3 is 54.1 Å². The number of nitrogens with one attached hydrogen (secondary N) is 1. The van der Waals surface area contributed by atoms with Crippen LogP contribution in [0.25, 0.3) is 10.8 Å². The van der Waals surface area contributed by atoms with Crippen LogP contribution in [0.1, 0.15) is 84.2 Å². The second kappa shape index (κ2) is 18.7. The summed E-state index contributed by atoms with van der Waals surface area (Å²) in [5.41, 5.74) is -0.491. The van der Waals surface area contributed by atoms with Gasteiger partial charge in [0, 0.05) is 80.2 Å². The van der Waals surface area contributed by atoms with E-state index >= 15 is 0 Å². The van der Waals surface area contributed by atoms with Crippen molar-refractivity contribution in [3.05, 3.63) is 58.0 Å². The minimum Gasteiger partial charge on any atom is -0.507 e. The fourth-order valence-electron chi connectivity index (χ4n) is 9.05. The molecule has 5 bridgehead atoms. The van der Waals surface area contributed by atoms with Crippen molar-refractivity contribution >= 4 is 35.7 Å². The number of carbonyl (C=O) groups excluding carboxylic acids is 2. The Hall–Kier alpha value is -4.19. The Morgan fingerprint density at radius 1 is 0.905 bits per heavy atom. The average Bonchev–Trinajstić information content (AvgIpc) is 3.75. The predicted octanol–water partition coefficient (Wildman–Crippen LogP) is 4.75. The van der Waals surface area contributed by atoms with Crippen LogP contribution < -0.4 is 20.8 Å². The summed E-state index contributed by atoms with van der Waals surface area (Å²) in [4.78, 5) is 40.0. The van der Waals surface area contributed by atoms with E-state index < -0.39 is 90.3 Å². The largest absolute Gasteiger partial charge is 0.507 e. The van der Waals surface area contributed by atoms with Crippen LogP contribution in [0.2, 0.25) is 0 Å². The molecule has 5 aliphatic heterocycles. The molecule has 2 aromatic rings. The number of phenolic OH excluding ortho intramolecular Hbond substituents is 2. The van der Waals surface area contributed by atoms with E-state index in [0.29, 0.717) is 25.9 Å². The highest BCUT2D eigenvalue weighted by molar-refractivity contribution is 7.53. The number of nitrogens with zero attached hydrogens (tertiary/aromatic N) is 3. The van der Waals surface area contributed by atoms with Crippen molar-refractivity contribution < 1.29 is 62.9 Å². The van der Waals surface area contributed by atoms with Gasteiger partial charge in [-0.3, -0.25) is 24.0 Å². The van der Waals surface area contributed by atoms with Gasteiger partial charge in [-0.05, 0) is 33.8 Å². The number of fused-ring (bicyclic) bond motifs is 13. The van der Waals surface area contributed by atoms with Gasteiger partial charge in [0.15, 0.2) is 5.75 Å². The summed E-state index contributed by atoms with van der Waals surface area (Å²) in [7, 11) is -1.96. The first-order valence-electron chi connectivity index (χ1n) is 21.6. The van der Waals surface area contributed by atoms with Crippen LogP contribution in [0.4, 0.5) is 5.69 Å². The number of Topliss-reactive ketones (excluding diaryl/α,β-unsaturated/α-hetero) is 1. The number of allylic oxidation sites excluding steroid dienone is 2. The number of methoxy groups -OCH3 is 1. The van der Waals surface area contributed by atoms with Gasteiger partial charge in [-0.15, -0.1) is 0 Å². The van der Waals surface area contributed by atoms with Gasteiger partial charge in [0.2, 0.25) is 0 Å². The van der Waals surface area contributed by atoms with Crippen LogP contribution in [0.5, 0.6) is 17.2 Å². The predicted molar refractivity (Wildman–Crippen MR) is 234 cm³/mol. The summed E-state index contributed by atoms with van der Waals surface area (Å²) in [5, 5.41) is 61.3. The molecule has 9 atom stereocenters. The van der Waals surface area contributed by atoms with E-state index in [1.165, 1.54) is 39.4 Å². The number of aliphatic hydroxyl groups excluding tert-OH is 3. The van der Waals surface area contributed by atoms with Crippen LogP contribution in [0, 0.1) is 30.6 Å². The maximum atomic E-state index is 14.7. The first-order valence-corrected chi connectivity index (χ1v) is 23.4. The minimum atomic E-state index is -3.41. The third kappa shape index (κ3) is 9.08. The van der Waals surface area contributed by atoms with E-state index in [9.17, 15) is 39.7 Å². The first kappa shape index (κ1) is 48.3. The summed E-state index contributed by atoms with van der Waals surface area (Å²) >= 11 is 0. The summed E-state index contributed by atoms with van der Waals surface area (Å²) in [5.74, 6) is -6.76. The number of amides is 1. The van der Waals surface area contributed by atoms with Crippen molar-refractivity contribution in [3.8, 4) is 17.2 Å². The molecule has 0 aliphatic carbocycles. The lowest BCUT2D eigenvalue weighted by atomic mass is 9.78. The van der Waals surface area contributed by atoms with E-state index in [-0.39, 0.29) is 69.1 Å². The Balaban J connectivity index is 1.52. The lowest BCUT2D eigenvalue weighted by Gasteiger charge is -2.38. The van der Waals surface area contributed by atoms with Crippen molar-refractivity contribution in [1.29, 1.82) is 0 Å². The molecule has 0 radical (unpaired) electrons. The molecule has 1 spiro atoms. The molecule has 0 unspecified atom stereocenters. The third-order valence-electron chi connectivity index (χ3n) is 13.1. The molecule has 1 amide bonds. The molecule has 6 N–H and O–H groups in total. The highest BCUT2D eigenvalue weighted by Gasteiger charge is 2.51. The molecule has 17 nitrogen and oxygen atoms in total. The van der Waals surface area contributed by atoms with Gasteiger partial charge in [0.05, 0.1) is 60.5 Å². The zero-order valence-corrected chi connectivity index (χ0v) is 38.6. The molecule has 5 heterocycles. The Bertz CT molecular complexity index is 2370. The van der Waals surface area contributed by atoms with Gasteiger partial charge >= 0.3 is 13.4 Å². The highest BCUT2D eigenvalue weighted by Crippen LogP contribution is 2.52. The SMILES string of the molecule is CCOP(=O)(CN1CCC2(CC1)N=c1c(c3c4c5c(C)c(O)c3c(O)c1=NC(=O)C(C)=CC=C[C@H](C)[C@H](O)[C@@H](C)[C@@H](O)[C@@H](C)[C@H](O)[C@H](C)[C@@H](OC)C=CO[C@@](C)(O5)C4=O)N2)OCC. The molecule has 0 aromatic heterocycles. The Morgan fingerprint density at radius 2 is 1.52 bits per heavy atom. The molecule has 63 heavy (non-hydrogen) atoms.